The Bertz CT molecular complexity index is 849. The van der Waals surface area contributed by atoms with Crippen molar-refractivity contribution in [3.05, 3.63) is 30.1 Å². The van der Waals surface area contributed by atoms with Crippen molar-refractivity contribution in [2.24, 2.45) is 5.41 Å². The normalized spacial score (nSPS) is 23.1. The van der Waals surface area contributed by atoms with Gasteiger partial charge in [-0.15, -0.1) is 0 Å². The molecule has 1 aliphatic heterocycles. The van der Waals surface area contributed by atoms with Crippen molar-refractivity contribution in [2.75, 3.05) is 26.9 Å². The lowest BCUT2D eigenvalue weighted by Gasteiger charge is -2.40. The second-order valence-corrected chi connectivity index (χ2v) is 9.67. The first kappa shape index (κ1) is 25.9. The second kappa shape index (κ2) is 11.5. The maximum absolute atomic E-state index is 13.0. The molecule has 0 aliphatic carbocycles. The minimum absolute atomic E-state index is 0.0107. The van der Waals surface area contributed by atoms with Crippen LogP contribution in [0, 0.1) is 5.41 Å². The molecule has 12 heteroatoms. The number of amides is 1. The Morgan fingerprint density at radius 2 is 2.09 bits per heavy atom. The average molecular weight is 471 g/mol. The van der Waals surface area contributed by atoms with E-state index in [2.05, 4.69) is 20.1 Å². The smallest absolute Gasteiger partial charge is 0.407 e. The van der Waals surface area contributed by atoms with Gasteiger partial charge in [0.15, 0.2) is 6.10 Å². The van der Waals surface area contributed by atoms with Gasteiger partial charge in [0, 0.05) is 30.3 Å². The highest BCUT2D eigenvalue weighted by Gasteiger charge is 2.48. The molecule has 1 aromatic heterocycles. The summed E-state index contributed by atoms with van der Waals surface area (Å²) in [5.41, 5.74) is -0.0203. The fraction of sp³-hybridized carbons (Fsp3) is 0.600. The van der Waals surface area contributed by atoms with Gasteiger partial charge in [-0.05, 0) is 19.1 Å². The van der Waals surface area contributed by atoms with Gasteiger partial charge in [0.2, 0.25) is 5.91 Å². The Morgan fingerprint density at radius 3 is 2.75 bits per heavy atom. The van der Waals surface area contributed by atoms with Gasteiger partial charge < -0.3 is 14.8 Å². The lowest BCUT2D eigenvalue weighted by atomic mass is 9.87. The van der Waals surface area contributed by atoms with E-state index in [9.17, 15) is 18.9 Å². The Labute approximate surface area is 187 Å². The van der Waals surface area contributed by atoms with Crippen molar-refractivity contribution in [1.29, 1.82) is 0 Å². The number of esters is 2. The molecule has 2 N–H and O–H groups in total. The summed E-state index contributed by atoms with van der Waals surface area (Å²) < 4.78 is 33.6. The van der Waals surface area contributed by atoms with Crippen molar-refractivity contribution in [1.82, 2.24) is 15.4 Å². The van der Waals surface area contributed by atoms with Gasteiger partial charge in [-0.25, -0.2) is 9.65 Å². The summed E-state index contributed by atoms with van der Waals surface area (Å²) in [6.45, 7) is 4.99. The molecule has 0 aromatic carbocycles. The quantitative estimate of drug-likeness (QED) is 0.379. The third kappa shape index (κ3) is 7.67. The highest BCUT2D eigenvalue weighted by Crippen LogP contribution is 2.53. The van der Waals surface area contributed by atoms with Crippen LogP contribution in [0.15, 0.2) is 24.4 Å². The molecule has 3 atom stereocenters. The summed E-state index contributed by atoms with van der Waals surface area (Å²) in [7, 11) is -2.72. The fourth-order valence-corrected chi connectivity index (χ4v) is 4.75. The number of ether oxygens (including phenoxy) is 2. The first-order valence-corrected chi connectivity index (χ1v) is 11.7. The highest BCUT2D eigenvalue weighted by atomic mass is 31.2. The molecule has 178 valence electrons. The lowest BCUT2D eigenvalue weighted by Crippen LogP contribution is -2.51. The number of hydrogen-bond donors (Lipinski definition) is 2. The molecule has 11 nitrogen and oxygen atoms in total. The third-order valence-corrected chi connectivity index (χ3v) is 6.35. The molecular weight excluding hydrogens is 441 g/mol. The van der Waals surface area contributed by atoms with Gasteiger partial charge in [-0.3, -0.25) is 28.4 Å². The highest BCUT2D eigenvalue weighted by molar-refractivity contribution is 7.51. The van der Waals surface area contributed by atoms with E-state index >= 15 is 0 Å². The zero-order valence-corrected chi connectivity index (χ0v) is 19.6. The topological polar surface area (TPSA) is 142 Å². The molecule has 32 heavy (non-hydrogen) atoms. The largest absolute Gasteiger partial charge is 0.469 e. The van der Waals surface area contributed by atoms with Crippen LogP contribution in [0.4, 0.5) is 0 Å². The van der Waals surface area contributed by atoms with Crippen LogP contribution in [0.1, 0.15) is 32.9 Å². The molecule has 1 aliphatic rings. The Balaban J connectivity index is 1.89. The molecule has 0 radical (unpaired) electrons. The van der Waals surface area contributed by atoms with E-state index in [4.69, 9.17) is 13.8 Å². The molecule has 0 spiro atoms. The van der Waals surface area contributed by atoms with E-state index in [1.54, 1.807) is 26.1 Å². The van der Waals surface area contributed by atoms with E-state index in [-0.39, 0.29) is 26.2 Å². The molecule has 0 bridgehead atoms. The van der Waals surface area contributed by atoms with E-state index in [1.165, 1.54) is 14.0 Å². The average Bonchev–Trinajstić information content (AvgIpc) is 2.76. The van der Waals surface area contributed by atoms with E-state index < -0.39 is 43.2 Å². The molecule has 2 rings (SSSR count). The predicted octanol–water partition coefficient (Wildman–Crippen LogP) is 1.37. The summed E-state index contributed by atoms with van der Waals surface area (Å²) in [5, 5.41) is 5.08. The summed E-state index contributed by atoms with van der Waals surface area (Å²) in [6, 6.07) is 4.43. The van der Waals surface area contributed by atoms with E-state index in [0.29, 0.717) is 6.42 Å². The van der Waals surface area contributed by atoms with Crippen LogP contribution in [-0.4, -0.2) is 61.8 Å². The number of carbonyl (C=O) groups is 3. The lowest BCUT2D eigenvalue weighted by molar-refractivity contribution is -0.145. The first-order chi connectivity index (χ1) is 15.1. The summed E-state index contributed by atoms with van der Waals surface area (Å²) in [6.07, 6.45) is 0.947. The zero-order chi connectivity index (χ0) is 23.8. The van der Waals surface area contributed by atoms with Gasteiger partial charge >= 0.3 is 19.7 Å². The van der Waals surface area contributed by atoms with Crippen LogP contribution in [0.2, 0.25) is 0 Å². The number of nitrogens with zero attached hydrogens (tertiary/aromatic N) is 1. The first-order valence-electron chi connectivity index (χ1n) is 10.2. The van der Waals surface area contributed by atoms with E-state index in [1.807, 2.05) is 12.1 Å². The van der Waals surface area contributed by atoms with Crippen LogP contribution in [0.5, 0.6) is 0 Å². The molecule has 1 amide bonds. The maximum Gasteiger partial charge on any atom is 0.407 e. The second-order valence-electron chi connectivity index (χ2n) is 7.95. The Kier molecular flexibility index (Phi) is 9.33. The Morgan fingerprint density at radius 1 is 1.34 bits per heavy atom. The third-order valence-electron chi connectivity index (χ3n) is 4.69. The van der Waals surface area contributed by atoms with E-state index in [0.717, 1.165) is 5.69 Å². The minimum atomic E-state index is -3.98. The Hall–Kier alpha value is -2.33. The summed E-state index contributed by atoms with van der Waals surface area (Å²) in [4.78, 5) is 40.2. The van der Waals surface area contributed by atoms with Crippen molar-refractivity contribution in [2.45, 2.75) is 45.8 Å². The van der Waals surface area contributed by atoms with Crippen molar-refractivity contribution >= 4 is 25.6 Å². The number of pyridine rings is 1. The molecule has 1 aromatic rings. The summed E-state index contributed by atoms with van der Waals surface area (Å²) in [5.74, 6) is -1.66. The van der Waals surface area contributed by atoms with Crippen LogP contribution in [-0.2, 0) is 43.9 Å². The van der Waals surface area contributed by atoms with Gasteiger partial charge in [0.05, 0.1) is 26.7 Å². The van der Waals surface area contributed by atoms with Gasteiger partial charge in [0.25, 0.3) is 0 Å². The maximum atomic E-state index is 13.0. The SMILES string of the molecule is COC(=O)CCNC(=O)[C@@H]1OP(=O)(NC(C)C(=O)OCCc2ccccn2)OCC1(C)C. The molecule has 1 saturated heterocycles. The van der Waals surface area contributed by atoms with Crippen molar-refractivity contribution in [3.63, 3.8) is 0 Å². The zero-order valence-electron chi connectivity index (χ0n) is 18.7. The number of nitrogens with one attached hydrogen (secondary N) is 2. The number of hydrogen-bond acceptors (Lipinski definition) is 9. The van der Waals surface area contributed by atoms with Gasteiger partial charge in [-0.2, -0.15) is 0 Å². The minimum Gasteiger partial charge on any atom is -0.469 e. The molecule has 0 saturated carbocycles. The number of methoxy groups -OCH3 is 1. The van der Waals surface area contributed by atoms with Crippen LogP contribution < -0.4 is 10.4 Å². The predicted molar refractivity (Wildman–Crippen MR) is 113 cm³/mol. The van der Waals surface area contributed by atoms with Crippen LogP contribution in [0.25, 0.3) is 0 Å². The number of aromatic nitrogens is 1. The number of rotatable bonds is 10. The molecule has 2 unspecified atom stereocenters. The molecule has 1 fully saturated rings. The van der Waals surface area contributed by atoms with Crippen molar-refractivity contribution < 1.29 is 37.5 Å². The fourth-order valence-electron chi connectivity index (χ4n) is 2.81. The standard InChI is InChI=1S/C20H30N3O8P/c1-14(19(26)29-12-9-15-7-5-6-10-21-15)23-32(27)30-13-20(2,3)17(31-32)18(25)22-11-8-16(24)28-4/h5-7,10,14,17H,8-9,11-13H2,1-4H3,(H,22,25)(H,23,27)/t14?,17-,32?/m0/s1. The molecule has 2 heterocycles. The number of carbonyl (C=O) groups excluding carboxylic acids is 3. The van der Waals surface area contributed by atoms with Crippen LogP contribution in [0.3, 0.4) is 0 Å². The summed E-state index contributed by atoms with van der Waals surface area (Å²) >= 11 is 0. The van der Waals surface area contributed by atoms with Gasteiger partial charge in [0.1, 0.15) is 6.04 Å². The monoisotopic (exact) mass is 471 g/mol. The van der Waals surface area contributed by atoms with Gasteiger partial charge in [-0.1, -0.05) is 19.9 Å². The van der Waals surface area contributed by atoms with Crippen LogP contribution >= 0.6 is 7.75 Å². The molecular formula is C20H30N3O8P. The van der Waals surface area contributed by atoms with Crippen molar-refractivity contribution in [3.8, 4) is 0 Å².